The fourth-order valence-corrected chi connectivity index (χ4v) is 1.94. The molecular weight excluding hydrogens is 212 g/mol. The van der Waals surface area contributed by atoms with Crippen molar-refractivity contribution in [2.45, 2.75) is 91.1 Å². The van der Waals surface area contributed by atoms with Gasteiger partial charge in [0.25, 0.3) is 0 Å². The van der Waals surface area contributed by atoms with Crippen molar-refractivity contribution in [3.63, 3.8) is 0 Å². The first-order valence-electron chi connectivity index (χ1n) is 7.23. The second-order valence-electron chi connectivity index (χ2n) is 5.46. The fourth-order valence-electron chi connectivity index (χ4n) is 1.94. The lowest BCUT2D eigenvalue weighted by molar-refractivity contribution is -0.156. The van der Waals surface area contributed by atoms with Gasteiger partial charge in [0.05, 0.1) is 0 Å². The number of hydrogen-bond donors (Lipinski definition) is 0. The summed E-state index contributed by atoms with van der Waals surface area (Å²) in [4.78, 5) is 11.2. The zero-order chi connectivity index (χ0) is 13.1. The topological polar surface area (TPSA) is 26.3 Å². The molecule has 0 saturated heterocycles. The first-order chi connectivity index (χ1) is 8.02. The lowest BCUT2D eigenvalue weighted by atomic mass is 9.99. The van der Waals surface area contributed by atoms with E-state index in [-0.39, 0.29) is 11.6 Å². The zero-order valence-corrected chi connectivity index (χ0v) is 12.2. The summed E-state index contributed by atoms with van der Waals surface area (Å²) >= 11 is 0. The van der Waals surface area contributed by atoms with Gasteiger partial charge in [-0.2, -0.15) is 0 Å². The minimum absolute atomic E-state index is 0.0852. The zero-order valence-electron chi connectivity index (χ0n) is 12.2. The van der Waals surface area contributed by atoms with Crippen LogP contribution < -0.4 is 0 Å². The molecule has 0 aromatic carbocycles. The monoisotopic (exact) mass is 242 g/mol. The molecule has 17 heavy (non-hydrogen) atoms. The molecule has 0 radical (unpaired) electrons. The van der Waals surface area contributed by atoms with Crippen molar-refractivity contribution < 1.29 is 9.53 Å². The highest BCUT2D eigenvalue weighted by atomic mass is 16.6. The van der Waals surface area contributed by atoms with Crippen LogP contribution >= 0.6 is 0 Å². The Morgan fingerprint density at radius 1 is 0.941 bits per heavy atom. The highest BCUT2D eigenvalue weighted by Gasteiger charge is 2.21. The van der Waals surface area contributed by atoms with E-state index in [0.717, 1.165) is 12.8 Å². The molecule has 0 aliphatic heterocycles. The van der Waals surface area contributed by atoms with Crippen LogP contribution in [0.3, 0.4) is 0 Å². The molecule has 0 atom stereocenters. The first-order valence-corrected chi connectivity index (χ1v) is 7.23. The van der Waals surface area contributed by atoms with Gasteiger partial charge < -0.3 is 4.74 Å². The summed E-state index contributed by atoms with van der Waals surface area (Å²) < 4.78 is 5.39. The molecule has 0 unspecified atom stereocenters. The number of carbonyl (C=O) groups is 1. The summed E-state index contributed by atoms with van der Waals surface area (Å²) in [6, 6.07) is 0. The van der Waals surface area contributed by atoms with Crippen molar-refractivity contribution in [3.05, 3.63) is 0 Å². The molecule has 2 nitrogen and oxygen atoms in total. The van der Waals surface area contributed by atoms with Crippen molar-refractivity contribution in [2.75, 3.05) is 0 Å². The van der Waals surface area contributed by atoms with Gasteiger partial charge in [-0.05, 0) is 26.7 Å². The molecule has 0 fully saturated rings. The summed E-state index contributed by atoms with van der Waals surface area (Å²) in [6.45, 7) is 8.10. The third-order valence-corrected chi connectivity index (χ3v) is 3.06. The fraction of sp³-hybridized carbons (Fsp3) is 0.933. The van der Waals surface area contributed by atoms with Crippen molar-refractivity contribution in [3.8, 4) is 0 Å². The van der Waals surface area contributed by atoms with Gasteiger partial charge in [-0.3, -0.25) is 4.79 Å². The highest BCUT2D eigenvalue weighted by molar-refractivity contribution is 5.69. The van der Waals surface area contributed by atoms with E-state index in [1.54, 1.807) is 0 Å². The lowest BCUT2D eigenvalue weighted by Gasteiger charge is -2.24. The first kappa shape index (κ1) is 16.5. The van der Waals surface area contributed by atoms with Crippen molar-refractivity contribution in [1.29, 1.82) is 0 Å². The Bertz CT molecular complexity index is 197. The average molecular weight is 242 g/mol. The molecule has 0 aliphatic carbocycles. The van der Waals surface area contributed by atoms with Gasteiger partial charge in [-0.25, -0.2) is 0 Å². The Hall–Kier alpha value is -0.530. The third-order valence-electron chi connectivity index (χ3n) is 3.06. The van der Waals surface area contributed by atoms with E-state index in [0.29, 0.717) is 6.42 Å². The van der Waals surface area contributed by atoms with Crippen LogP contribution in [0.25, 0.3) is 0 Å². The SMILES string of the molecule is CCCCCCCCCC(C)(C)OC(=O)CC. The smallest absolute Gasteiger partial charge is 0.306 e. The largest absolute Gasteiger partial charge is 0.460 e. The minimum Gasteiger partial charge on any atom is -0.460 e. The van der Waals surface area contributed by atoms with Crippen molar-refractivity contribution in [1.82, 2.24) is 0 Å². The predicted molar refractivity (Wildman–Crippen MR) is 73.1 cm³/mol. The maximum absolute atomic E-state index is 11.2. The number of carbonyl (C=O) groups excluding carboxylic acids is 1. The second-order valence-corrected chi connectivity index (χ2v) is 5.46. The van der Waals surface area contributed by atoms with E-state index in [1.165, 1.54) is 38.5 Å². The average Bonchev–Trinajstić information content (AvgIpc) is 2.27. The van der Waals surface area contributed by atoms with E-state index in [4.69, 9.17) is 4.74 Å². The molecule has 0 saturated carbocycles. The maximum atomic E-state index is 11.2. The molecule has 0 aromatic rings. The Morgan fingerprint density at radius 3 is 2.00 bits per heavy atom. The van der Waals surface area contributed by atoms with E-state index < -0.39 is 0 Å². The van der Waals surface area contributed by atoms with Crippen molar-refractivity contribution >= 4 is 5.97 Å². The Morgan fingerprint density at radius 2 is 1.47 bits per heavy atom. The number of ether oxygens (including phenoxy) is 1. The molecule has 0 aliphatic rings. The van der Waals surface area contributed by atoms with Crippen LogP contribution in [0.1, 0.15) is 85.5 Å². The van der Waals surface area contributed by atoms with E-state index in [1.807, 2.05) is 20.8 Å². The van der Waals surface area contributed by atoms with E-state index >= 15 is 0 Å². The number of hydrogen-bond acceptors (Lipinski definition) is 2. The molecule has 0 rings (SSSR count). The molecule has 102 valence electrons. The van der Waals surface area contributed by atoms with Crippen molar-refractivity contribution in [2.24, 2.45) is 0 Å². The molecule has 0 N–H and O–H groups in total. The lowest BCUT2D eigenvalue weighted by Crippen LogP contribution is -2.27. The van der Waals surface area contributed by atoms with Crippen LogP contribution in [-0.2, 0) is 9.53 Å². The highest BCUT2D eigenvalue weighted by Crippen LogP contribution is 2.20. The van der Waals surface area contributed by atoms with Gasteiger partial charge >= 0.3 is 5.97 Å². The Balaban J connectivity index is 3.48. The van der Waals surface area contributed by atoms with Gasteiger partial charge in [0.1, 0.15) is 5.60 Å². The van der Waals surface area contributed by atoms with Crippen LogP contribution in [-0.4, -0.2) is 11.6 Å². The molecule has 2 heteroatoms. The Kier molecular flexibility index (Phi) is 9.20. The molecule has 0 amide bonds. The van der Waals surface area contributed by atoms with Crippen LogP contribution in [0.2, 0.25) is 0 Å². The molecule has 0 bridgehead atoms. The summed E-state index contributed by atoms with van der Waals surface area (Å²) in [5, 5.41) is 0. The van der Waals surface area contributed by atoms with Crippen LogP contribution in [0, 0.1) is 0 Å². The number of rotatable bonds is 10. The molecule has 0 heterocycles. The van der Waals surface area contributed by atoms with Gasteiger partial charge in [-0.1, -0.05) is 52.4 Å². The quantitative estimate of drug-likeness (QED) is 0.404. The third kappa shape index (κ3) is 10.3. The van der Waals surface area contributed by atoms with Crippen LogP contribution in [0.15, 0.2) is 0 Å². The summed E-state index contributed by atoms with van der Waals surface area (Å²) in [7, 11) is 0. The standard InChI is InChI=1S/C15H30O2/c1-5-7-8-9-10-11-12-13-15(3,4)17-14(16)6-2/h5-13H2,1-4H3. The van der Waals surface area contributed by atoms with Crippen LogP contribution in [0.4, 0.5) is 0 Å². The van der Waals surface area contributed by atoms with Gasteiger partial charge in [0.2, 0.25) is 0 Å². The molecule has 0 spiro atoms. The summed E-state index contributed by atoms with van der Waals surface area (Å²) in [5.41, 5.74) is -0.281. The molecular formula is C15H30O2. The number of unbranched alkanes of at least 4 members (excludes halogenated alkanes) is 6. The van der Waals surface area contributed by atoms with Crippen LogP contribution in [0.5, 0.6) is 0 Å². The normalized spacial score (nSPS) is 11.5. The van der Waals surface area contributed by atoms with Gasteiger partial charge in [-0.15, -0.1) is 0 Å². The molecule has 0 aromatic heterocycles. The predicted octanol–water partition coefficient (Wildman–Crippen LogP) is 4.86. The Labute approximate surface area is 107 Å². The summed E-state index contributed by atoms with van der Waals surface area (Å²) in [5.74, 6) is -0.0852. The van der Waals surface area contributed by atoms with E-state index in [2.05, 4.69) is 6.92 Å². The summed E-state index contributed by atoms with van der Waals surface area (Å²) in [6.07, 6.45) is 10.6. The maximum Gasteiger partial charge on any atom is 0.306 e. The van der Waals surface area contributed by atoms with E-state index in [9.17, 15) is 4.79 Å². The van der Waals surface area contributed by atoms with Gasteiger partial charge in [0.15, 0.2) is 0 Å². The minimum atomic E-state index is -0.281. The second kappa shape index (κ2) is 9.49. The van der Waals surface area contributed by atoms with Gasteiger partial charge in [0, 0.05) is 6.42 Å². The number of esters is 1.